The van der Waals surface area contributed by atoms with E-state index in [2.05, 4.69) is 5.16 Å². The number of rotatable bonds is 4. The zero-order valence-electron chi connectivity index (χ0n) is 12.0. The lowest BCUT2D eigenvalue weighted by Crippen LogP contribution is -2.27. The first-order valence-electron chi connectivity index (χ1n) is 7.19. The average Bonchev–Trinajstić information content (AvgIpc) is 2.90. The fourth-order valence-corrected chi connectivity index (χ4v) is 2.48. The third kappa shape index (κ3) is 3.09. The number of nitrogens with zero attached hydrogens (tertiary/aromatic N) is 1. The van der Waals surface area contributed by atoms with Crippen LogP contribution in [0.5, 0.6) is 5.75 Å². The van der Waals surface area contributed by atoms with Crippen LogP contribution in [0.25, 0.3) is 11.3 Å². The molecule has 0 radical (unpaired) electrons. The van der Waals surface area contributed by atoms with Crippen LogP contribution < -0.4 is 4.74 Å². The Kier molecular flexibility index (Phi) is 4.22. The van der Waals surface area contributed by atoms with Gasteiger partial charge in [0.2, 0.25) is 0 Å². The van der Waals surface area contributed by atoms with Gasteiger partial charge in [-0.05, 0) is 44.0 Å². The minimum absolute atomic E-state index is 0.0810. The average molecular weight is 289 g/mol. The summed E-state index contributed by atoms with van der Waals surface area (Å²) in [4.78, 5) is 0. The maximum atomic E-state index is 9.38. The molecular weight excluding hydrogens is 270 g/mol. The lowest BCUT2D eigenvalue weighted by atomic mass is 10.1. The van der Waals surface area contributed by atoms with Crippen molar-refractivity contribution in [2.75, 3.05) is 13.2 Å². The van der Waals surface area contributed by atoms with E-state index in [0.717, 1.165) is 36.3 Å². The Bertz CT molecular complexity index is 585. The summed E-state index contributed by atoms with van der Waals surface area (Å²) in [5.74, 6) is 1.43. The summed E-state index contributed by atoms with van der Waals surface area (Å²) in [7, 11) is 0. The van der Waals surface area contributed by atoms with Gasteiger partial charge < -0.3 is 19.1 Å². The smallest absolute Gasteiger partial charge is 0.172 e. The maximum absolute atomic E-state index is 9.38. The van der Waals surface area contributed by atoms with Gasteiger partial charge in [0.25, 0.3) is 0 Å². The minimum Gasteiger partial charge on any atom is -0.488 e. The van der Waals surface area contributed by atoms with Gasteiger partial charge in [-0.25, -0.2) is 0 Å². The van der Waals surface area contributed by atoms with Crippen molar-refractivity contribution in [3.8, 4) is 17.1 Å². The van der Waals surface area contributed by atoms with Crippen molar-refractivity contribution in [2.45, 2.75) is 32.5 Å². The largest absolute Gasteiger partial charge is 0.488 e. The zero-order chi connectivity index (χ0) is 14.7. The molecule has 1 saturated heterocycles. The predicted octanol–water partition coefficient (Wildman–Crippen LogP) is 2.70. The summed E-state index contributed by atoms with van der Waals surface area (Å²) in [6.07, 6.45) is 2.20. The van der Waals surface area contributed by atoms with Crippen LogP contribution in [-0.2, 0) is 11.3 Å². The molecule has 2 aromatic rings. The second-order valence-corrected chi connectivity index (χ2v) is 5.22. The van der Waals surface area contributed by atoms with Crippen LogP contribution in [-0.4, -0.2) is 29.6 Å². The highest BCUT2D eigenvalue weighted by molar-refractivity contribution is 5.62. The molecule has 1 fully saturated rings. The molecular formula is C16H19NO4. The first-order chi connectivity index (χ1) is 10.3. The summed E-state index contributed by atoms with van der Waals surface area (Å²) in [5.41, 5.74) is 2.32. The Balaban J connectivity index is 1.74. The van der Waals surface area contributed by atoms with Crippen LogP contribution in [0, 0.1) is 6.92 Å². The molecule has 1 aliphatic heterocycles. The molecule has 0 aliphatic carbocycles. The van der Waals surface area contributed by atoms with Crippen LogP contribution in [0.3, 0.4) is 0 Å². The van der Waals surface area contributed by atoms with E-state index in [0.29, 0.717) is 18.1 Å². The predicted molar refractivity (Wildman–Crippen MR) is 77.1 cm³/mol. The van der Waals surface area contributed by atoms with Crippen LogP contribution in [0.2, 0.25) is 0 Å². The number of aliphatic hydroxyl groups excluding tert-OH is 1. The van der Waals surface area contributed by atoms with Crippen molar-refractivity contribution in [1.82, 2.24) is 5.16 Å². The van der Waals surface area contributed by atoms with E-state index >= 15 is 0 Å². The second kappa shape index (κ2) is 6.28. The highest BCUT2D eigenvalue weighted by Gasteiger charge is 2.17. The van der Waals surface area contributed by atoms with Gasteiger partial charge in [0, 0.05) is 17.7 Å². The van der Waals surface area contributed by atoms with Crippen molar-refractivity contribution in [3.63, 3.8) is 0 Å². The normalized spacial score (nSPS) is 18.7. The molecule has 112 valence electrons. The molecule has 0 saturated carbocycles. The first kappa shape index (κ1) is 14.1. The molecule has 1 aliphatic rings. The summed E-state index contributed by atoms with van der Waals surface area (Å²) in [6.45, 7) is 3.22. The molecule has 21 heavy (non-hydrogen) atoms. The fraction of sp³-hybridized carbons (Fsp3) is 0.438. The molecule has 1 atom stereocenters. The van der Waals surface area contributed by atoms with Crippen molar-refractivity contribution < 1.29 is 19.1 Å². The van der Waals surface area contributed by atoms with Gasteiger partial charge in [0.05, 0.1) is 18.9 Å². The molecule has 0 amide bonds. The van der Waals surface area contributed by atoms with Crippen LogP contribution >= 0.6 is 0 Å². The van der Waals surface area contributed by atoms with E-state index in [1.807, 2.05) is 31.2 Å². The molecule has 1 aromatic heterocycles. The van der Waals surface area contributed by atoms with E-state index in [1.54, 1.807) is 0 Å². The Morgan fingerprint density at radius 3 is 2.81 bits per heavy atom. The zero-order valence-corrected chi connectivity index (χ0v) is 12.0. The van der Waals surface area contributed by atoms with Crippen molar-refractivity contribution in [1.29, 1.82) is 0 Å². The number of ether oxygens (including phenoxy) is 2. The minimum atomic E-state index is -0.0810. The van der Waals surface area contributed by atoms with Crippen molar-refractivity contribution in [3.05, 3.63) is 35.5 Å². The molecule has 5 heteroatoms. The summed E-state index contributed by atoms with van der Waals surface area (Å²) >= 11 is 0. The number of aliphatic hydroxyl groups is 1. The van der Waals surface area contributed by atoms with Crippen LogP contribution in [0.15, 0.2) is 28.8 Å². The molecule has 1 unspecified atom stereocenters. The lowest BCUT2D eigenvalue weighted by molar-refractivity contribution is 0.00743. The SMILES string of the molecule is Cc1noc(-c2ccc(OC3CCCOC3)cc2)c1CO. The lowest BCUT2D eigenvalue weighted by Gasteiger charge is -2.23. The van der Waals surface area contributed by atoms with Crippen LogP contribution in [0.4, 0.5) is 0 Å². The Morgan fingerprint density at radius 2 is 2.14 bits per heavy atom. The van der Waals surface area contributed by atoms with Gasteiger partial charge in [0.15, 0.2) is 5.76 Å². The highest BCUT2D eigenvalue weighted by atomic mass is 16.5. The number of benzene rings is 1. The third-order valence-electron chi connectivity index (χ3n) is 3.68. The molecule has 0 bridgehead atoms. The van der Waals surface area contributed by atoms with Gasteiger partial charge in [-0.15, -0.1) is 0 Å². The van der Waals surface area contributed by atoms with Crippen molar-refractivity contribution in [2.24, 2.45) is 0 Å². The molecule has 1 N–H and O–H groups in total. The van der Waals surface area contributed by atoms with E-state index in [9.17, 15) is 5.11 Å². The Labute approximate surface area is 123 Å². The topological polar surface area (TPSA) is 64.7 Å². The monoisotopic (exact) mass is 289 g/mol. The quantitative estimate of drug-likeness (QED) is 0.937. The molecule has 3 rings (SSSR count). The molecule has 2 heterocycles. The van der Waals surface area contributed by atoms with E-state index in [1.165, 1.54) is 0 Å². The van der Waals surface area contributed by atoms with Gasteiger partial charge >= 0.3 is 0 Å². The van der Waals surface area contributed by atoms with Crippen LogP contribution in [0.1, 0.15) is 24.1 Å². The van der Waals surface area contributed by atoms with Crippen molar-refractivity contribution >= 4 is 0 Å². The van der Waals surface area contributed by atoms with E-state index in [-0.39, 0.29) is 12.7 Å². The molecule has 0 spiro atoms. The Hall–Kier alpha value is -1.85. The number of aromatic nitrogens is 1. The number of hydrogen-bond donors (Lipinski definition) is 1. The number of hydrogen-bond acceptors (Lipinski definition) is 5. The maximum Gasteiger partial charge on any atom is 0.172 e. The fourth-order valence-electron chi connectivity index (χ4n) is 2.48. The standard InChI is InChI=1S/C16H19NO4/c1-11-15(9-18)16(21-17-11)12-4-6-13(7-5-12)20-14-3-2-8-19-10-14/h4-7,14,18H,2-3,8-10H2,1H3. The molecule has 1 aromatic carbocycles. The summed E-state index contributed by atoms with van der Waals surface area (Å²) in [5, 5.41) is 13.3. The summed E-state index contributed by atoms with van der Waals surface area (Å²) < 4.78 is 16.6. The highest BCUT2D eigenvalue weighted by Crippen LogP contribution is 2.28. The second-order valence-electron chi connectivity index (χ2n) is 5.22. The van der Waals surface area contributed by atoms with Gasteiger partial charge in [-0.3, -0.25) is 0 Å². The first-order valence-corrected chi connectivity index (χ1v) is 7.19. The summed E-state index contributed by atoms with van der Waals surface area (Å²) in [6, 6.07) is 7.64. The number of aryl methyl sites for hydroxylation is 1. The Morgan fingerprint density at radius 1 is 1.33 bits per heavy atom. The van der Waals surface area contributed by atoms with E-state index < -0.39 is 0 Å². The van der Waals surface area contributed by atoms with Gasteiger partial charge in [0.1, 0.15) is 11.9 Å². The third-order valence-corrected chi connectivity index (χ3v) is 3.68. The molecule has 5 nitrogen and oxygen atoms in total. The van der Waals surface area contributed by atoms with E-state index in [4.69, 9.17) is 14.0 Å². The van der Waals surface area contributed by atoms with Gasteiger partial charge in [-0.1, -0.05) is 5.16 Å². The van der Waals surface area contributed by atoms with Gasteiger partial charge in [-0.2, -0.15) is 0 Å².